The predicted octanol–water partition coefficient (Wildman–Crippen LogP) is 0.983. The molecule has 0 fully saturated rings. The zero-order valence-electron chi connectivity index (χ0n) is 12.4. The van der Waals surface area contributed by atoms with Crippen molar-refractivity contribution in [1.82, 2.24) is 14.9 Å². The third-order valence-corrected chi connectivity index (χ3v) is 2.69. The van der Waals surface area contributed by atoms with Gasteiger partial charge >= 0.3 is 0 Å². The van der Waals surface area contributed by atoms with Gasteiger partial charge in [-0.25, -0.2) is 9.97 Å². The summed E-state index contributed by atoms with van der Waals surface area (Å²) in [5.41, 5.74) is 5.84. The van der Waals surface area contributed by atoms with E-state index in [0.717, 1.165) is 31.9 Å². The van der Waals surface area contributed by atoms with Gasteiger partial charge in [0, 0.05) is 32.8 Å². The van der Waals surface area contributed by atoms with Crippen LogP contribution in [0, 0.1) is 0 Å². The summed E-state index contributed by atoms with van der Waals surface area (Å²) in [6.45, 7) is 5.39. The summed E-state index contributed by atoms with van der Waals surface area (Å²) >= 11 is 0. The molecule has 0 unspecified atom stereocenters. The third kappa shape index (κ3) is 5.40. The zero-order valence-corrected chi connectivity index (χ0v) is 12.4. The highest BCUT2D eigenvalue weighted by atomic mass is 16.5. The van der Waals surface area contributed by atoms with Crippen molar-refractivity contribution in [2.24, 2.45) is 0 Å². The monoisotopic (exact) mass is 267 g/mol. The first-order valence-electron chi connectivity index (χ1n) is 6.58. The van der Waals surface area contributed by atoms with Crippen LogP contribution in [-0.4, -0.2) is 55.7 Å². The van der Waals surface area contributed by atoms with Gasteiger partial charge in [0.15, 0.2) is 5.82 Å². The number of anilines is 2. The van der Waals surface area contributed by atoms with E-state index in [-0.39, 0.29) is 0 Å². The van der Waals surface area contributed by atoms with Gasteiger partial charge < -0.3 is 20.3 Å². The predicted molar refractivity (Wildman–Crippen MR) is 78.2 cm³/mol. The quantitative estimate of drug-likeness (QED) is 0.757. The maximum atomic E-state index is 5.84. The van der Waals surface area contributed by atoms with Gasteiger partial charge in [0.1, 0.15) is 18.2 Å². The van der Waals surface area contributed by atoms with Gasteiger partial charge in [-0.2, -0.15) is 0 Å². The number of hydrogen-bond donors (Lipinski definition) is 1. The number of rotatable bonds is 8. The Morgan fingerprint density at radius 3 is 2.53 bits per heavy atom. The fraction of sp³-hybridized carbons (Fsp3) is 0.692. The lowest BCUT2D eigenvalue weighted by molar-refractivity contribution is 0.178. The van der Waals surface area contributed by atoms with E-state index in [2.05, 4.69) is 40.8 Å². The topological polar surface area (TPSA) is 67.5 Å². The van der Waals surface area contributed by atoms with Crippen molar-refractivity contribution in [2.75, 3.05) is 51.5 Å². The number of ether oxygens (including phenoxy) is 1. The molecule has 0 spiro atoms. The molecule has 108 valence electrons. The molecule has 1 heterocycles. The van der Waals surface area contributed by atoms with Crippen LogP contribution in [0.2, 0.25) is 0 Å². The molecule has 1 aromatic heterocycles. The van der Waals surface area contributed by atoms with Crippen molar-refractivity contribution in [3.05, 3.63) is 11.9 Å². The van der Waals surface area contributed by atoms with Crippen LogP contribution in [0.25, 0.3) is 0 Å². The minimum atomic E-state index is 0.381. The van der Waals surface area contributed by atoms with Gasteiger partial charge in [-0.1, -0.05) is 6.92 Å². The summed E-state index contributed by atoms with van der Waals surface area (Å²) in [6, 6.07) is 1.82. The van der Waals surface area contributed by atoms with E-state index in [9.17, 15) is 0 Å². The number of methoxy groups -OCH3 is 1. The van der Waals surface area contributed by atoms with Crippen LogP contribution < -0.4 is 10.6 Å². The van der Waals surface area contributed by atoms with Crippen LogP contribution >= 0.6 is 0 Å². The van der Waals surface area contributed by atoms with Crippen LogP contribution in [0.5, 0.6) is 0 Å². The van der Waals surface area contributed by atoms with Gasteiger partial charge in [0.05, 0.1) is 0 Å². The molecule has 6 heteroatoms. The highest BCUT2D eigenvalue weighted by Gasteiger charge is 2.10. The molecular formula is C13H25N5O. The molecule has 6 nitrogen and oxygen atoms in total. The summed E-state index contributed by atoms with van der Waals surface area (Å²) < 4.78 is 5.07. The Balaban J connectivity index is 2.87. The van der Waals surface area contributed by atoms with Crippen molar-refractivity contribution < 1.29 is 4.74 Å². The highest BCUT2D eigenvalue weighted by molar-refractivity contribution is 5.47. The second-order valence-corrected chi connectivity index (χ2v) is 4.79. The van der Waals surface area contributed by atoms with Gasteiger partial charge in [-0.3, -0.25) is 0 Å². The normalized spacial score (nSPS) is 11.0. The van der Waals surface area contributed by atoms with E-state index in [1.54, 1.807) is 7.11 Å². The van der Waals surface area contributed by atoms with Crippen LogP contribution in [-0.2, 0) is 11.3 Å². The number of nitrogen functional groups attached to an aromatic ring is 1. The summed E-state index contributed by atoms with van der Waals surface area (Å²) in [4.78, 5) is 13.1. The molecule has 0 radical (unpaired) electrons. The van der Waals surface area contributed by atoms with Crippen LogP contribution in [0.4, 0.5) is 11.6 Å². The van der Waals surface area contributed by atoms with Crippen LogP contribution in [0.3, 0.4) is 0 Å². The van der Waals surface area contributed by atoms with Crippen molar-refractivity contribution in [1.29, 1.82) is 0 Å². The van der Waals surface area contributed by atoms with E-state index < -0.39 is 0 Å². The maximum Gasteiger partial charge on any atom is 0.158 e. The lowest BCUT2D eigenvalue weighted by Crippen LogP contribution is -2.33. The summed E-state index contributed by atoms with van der Waals surface area (Å²) in [6.07, 6.45) is 1.07. The average Bonchev–Trinajstić information content (AvgIpc) is 2.34. The Labute approximate surface area is 115 Å². The summed E-state index contributed by atoms with van der Waals surface area (Å²) in [7, 11) is 5.76. The van der Waals surface area contributed by atoms with Crippen molar-refractivity contribution in [3.8, 4) is 0 Å². The molecule has 0 bridgehead atoms. The molecule has 1 rings (SSSR count). The Hall–Kier alpha value is -1.40. The largest absolute Gasteiger partial charge is 0.384 e. The molecule has 0 amide bonds. The number of nitrogens with zero attached hydrogens (tertiary/aromatic N) is 4. The average molecular weight is 267 g/mol. The smallest absolute Gasteiger partial charge is 0.158 e. The third-order valence-electron chi connectivity index (χ3n) is 2.69. The minimum Gasteiger partial charge on any atom is -0.384 e. The molecular weight excluding hydrogens is 242 g/mol. The van der Waals surface area contributed by atoms with E-state index in [1.165, 1.54) is 0 Å². The van der Waals surface area contributed by atoms with Gasteiger partial charge in [-0.15, -0.1) is 0 Å². The molecule has 2 N–H and O–H groups in total. The zero-order chi connectivity index (χ0) is 14.3. The van der Waals surface area contributed by atoms with E-state index >= 15 is 0 Å². The lowest BCUT2D eigenvalue weighted by Gasteiger charge is -2.25. The summed E-state index contributed by atoms with van der Waals surface area (Å²) in [5.74, 6) is 2.00. The maximum absolute atomic E-state index is 5.84. The van der Waals surface area contributed by atoms with Gasteiger partial charge in [0.2, 0.25) is 0 Å². The molecule has 0 aliphatic carbocycles. The fourth-order valence-electron chi connectivity index (χ4n) is 1.79. The fourth-order valence-corrected chi connectivity index (χ4v) is 1.79. The Bertz CT molecular complexity index is 383. The standard InChI is InChI=1S/C13H25N5O/c1-5-6-18(8-7-17(2)3)13-9-11(14)15-12(16-13)10-19-4/h9H,5-8,10H2,1-4H3,(H2,14,15,16). The Morgan fingerprint density at radius 1 is 1.21 bits per heavy atom. The number of hydrogen-bond acceptors (Lipinski definition) is 6. The second kappa shape index (κ2) is 7.91. The molecule has 19 heavy (non-hydrogen) atoms. The second-order valence-electron chi connectivity index (χ2n) is 4.79. The van der Waals surface area contributed by atoms with E-state index in [4.69, 9.17) is 10.5 Å². The van der Waals surface area contributed by atoms with Crippen molar-refractivity contribution in [2.45, 2.75) is 20.0 Å². The molecule has 0 aliphatic heterocycles. The van der Waals surface area contributed by atoms with E-state index in [0.29, 0.717) is 18.2 Å². The van der Waals surface area contributed by atoms with Crippen molar-refractivity contribution in [3.63, 3.8) is 0 Å². The molecule has 0 aliphatic rings. The first-order valence-corrected chi connectivity index (χ1v) is 6.58. The SMILES string of the molecule is CCCN(CCN(C)C)c1cc(N)nc(COC)n1. The van der Waals surface area contributed by atoms with Gasteiger partial charge in [-0.05, 0) is 20.5 Å². The van der Waals surface area contributed by atoms with Gasteiger partial charge in [0.25, 0.3) is 0 Å². The first kappa shape index (κ1) is 15.7. The minimum absolute atomic E-state index is 0.381. The number of aromatic nitrogens is 2. The molecule has 1 aromatic rings. The molecule has 0 saturated heterocycles. The van der Waals surface area contributed by atoms with E-state index in [1.807, 2.05) is 6.07 Å². The molecule has 0 saturated carbocycles. The first-order chi connectivity index (χ1) is 9.06. The van der Waals surface area contributed by atoms with Crippen LogP contribution in [0.15, 0.2) is 6.07 Å². The Kier molecular flexibility index (Phi) is 6.52. The number of nitrogens with two attached hydrogens (primary N) is 1. The Morgan fingerprint density at radius 2 is 1.95 bits per heavy atom. The lowest BCUT2D eigenvalue weighted by atomic mass is 10.3. The summed E-state index contributed by atoms with van der Waals surface area (Å²) in [5, 5.41) is 0. The van der Waals surface area contributed by atoms with Crippen molar-refractivity contribution >= 4 is 11.6 Å². The molecule has 0 aromatic carbocycles. The van der Waals surface area contributed by atoms with Crippen LogP contribution in [0.1, 0.15) is 19.2 Å². The number of likely N-dealkylation sites (N-methyl/N-ethyl adjacent to an activating group) is 1. The highest BCUT2D eigenvalue weighted by Crippen LogP contribution is 2.15. The molecule has 0 atom stereocenters.